The fourth-order valence-electron chi connectivity index (χ4n) is 2.54. The maximum Gasteiger partial charge on any atom is 0.490 e. The number of carboxylic acid groups (broad SMARTS) is 1. The third kappa shape index (κ3) is 5.16. The number of aliphatic carboxylic acids is 1. The highest BCUT2D eigenvalue weighted by Crippen LogP contribution is 2.26. The molecule has 2 aromatic heterocycles. The molecule has 6 nitrogen and oxygen atoms in total. The van der Waals surface area contributed by atoms with Crippen molar-refractivity contribution in [2.24, 2.45) is 0 Å². The zero-order valence-electron chi connectivity index (χ0n) is 13.9. The Morgan fingerprint density at radius 2 is 1.96 bits per heavy atom. The number of rotatable bonds is 2. The van der Waals surface area contributed by atoms with Gasteiger partial charge in [-0.3, -0.25) is 9.78 Å². The van der Waals surface area contributed by atoms with Gasteiger partial charge < -0.3 is 15.4 Å². The van der Waals surface area contributed by atoms with Gasteiger partial charge in [0.1, 0.15) is 0 Å². The van der Waals surface area contributed by atoms with E-state index in [-0.39, 0.29) is 5.56 Å². The van der Waals surface area contributed by atoms with E-state index >= 15 is 0 Å². The van der Waals surface area contributed by atoms with Crippen LogP contribution >= 0.6 is 0 Å². The van der Waals surface area contributed by atoms with E-state index in [2.05, 4.69) is 21.4 Å². The van der Waals surface area contributed by atoms with Gasteiger partial charge in [0.05, 0.1) is 0 Å². The van der Waals surface area contributed by atoms with Crippen LogP contribution in [0.2, 0.25) is 0 Å². The van der Waals surface area contributed by atoms with E-state index in [1.54, 1.807) is 6.20 Å². The highest BCUT2D eigenvalue weighted by Gasteiger charge is 2.38. The Morgan fingerprint density at radius 3 is 2.50 bits per heavy atom. The fraction of sp³-hybridized carbons (Fsp3) is 0.353. The molecule has 26 heavy (non-hydrogen) atoms. The van der Waals surface area contributed by atoms with Gasteiger partial charge in [0.25, 0.3) is 5.56 Å². The molecular weight excluding hydrogens is 351 g/mol. The Balaban J connectivity index is 0.000000298. The minimum absolute atomic E-state index is 0.0367. The first-order valence-electron chi connectivity index (χ1n) is 7.86. The summed E-state index contributed by atoms with van der Waals surface area (Å²) >= 11 is 0. The minimum atomic E-state index is -5.08. The Labute approximate surface area is 147 Å². The standard InChI is InChI=1S/C15H17N3O.C2HF3O2/c1-10-5-11(9-18-15(10)19)12-6-13(8-16-7-12)14-3-2-4-17-14;3-2(4,5)1(6)7/h5-9,14,17H,2-4H2,1H3,(H,18,19);(H,6,7). The molecule has 1 aliphatic rings. The Hall–Kier alpha value is -2.68. The molecule has 1 aliphatic heterocycles. The van der Waals surface area contributed by atoms with Crippen molar-refractivity contribution in [2.45, 2.75) is 32.0 Å². The van der Waals surface area contributed by atoms with Gasteiger partial charge in [-0.1, -0.05) is 0 Å². The van der Waals surface area contributed by atoms with Crippen molar-refractivity contribution in [2.75, 3.05) is 6.54 Å². The number of aromatic nitrogens is 2. The van der Waals surface area contributed by atoms with Crippen molar-refractivity contribution in [1.29, 1.82) is 0 Å². The quantitative estimate of drug-likeness (QED) is 0.757. The smallest absolute Gasteiger partial charge is 0.475 e. The van der Waals surface area contributed by atoms with Gasteiger partial charge in [0.2, 0.25) is 0 Å². The molecule has 3 heterocycles. The van der Waals surface area contributed by atoms with Crippen molar-refractivity contribution in [3.63, 3.8) is 0 Å². The number of halogens is 3. The van der Waals surface area contributed by atoms with E-state index < -0.39 is 12.1 Å². The predicted octanol–water partition coefficient (Wildman–Crippen LogP) is 2.80. The highest BCUT2D eigenvalue weighted by atomic mass is 19.4. The molecule has 0 radical (unpaired) electrons. The second-order valence-electron chi connectivity index (χ2n) is 5.86. The van der Waals surface area contributed by atoms with Gasteiger partial charge in [0.15, 0.2) is 0 Å². The molecule has 1 fully saturated rings. The average Bonchev–Trinajstić information content (AvgIpc) is 3.12. The summed E-state index contributed by atoms with van der Waals surface area (Å²) in [4.78, 5) is 27.4. The number of H-pyrrole nitrogens is 1. The molecule has 2 aromatic rings. The molecule has 1 unspecified atom stereocenters. The second-order valence-corrected chi connectivity index (χ2v) is 5.86. The Morgan fingerprint density at radius 1 is 1.27 bits per heavy atom. The molecule has 1 saturated heterocycles. The number of aryl methyl sites for hydroxylation is 1. The molecule has 3 rings (SSSR count). The summed E-state index contributed by atoms with van der Waals surface area (Å²) in [5.74, 6) is -2.76. The number of carbonyl (C=O) groups is 1. The van der Waals surface area contributed by atoms with E-state index in [0.717, 1.165) is 29.7 Å². The first kappa shape index (κ1) is 19.6. The predicted molar refractivity (Wildman–Crippen MR) is 88.7 cm³/mol. The number of hydrogen-bond acceptors (Lipinski definition) is 4. The van der Waals surface area contributed by atoms with Crippen LogP contribution in [0.1, 0.15) is 30.0 Å². The molecule has 0 saturated carbocycles. The molecule has 1 atom stereocenters. The lowest BCUT2D eigenvalue weighted by Gasteiger charge is -2.11. The highest BCUT2D eigenvalue weighted by molar-refractivity contribution is 5.73. The Bertz CT molecular complexity index is 828. The van der Waals surface area contributed by atoms with Crippen LogP contribution in [0, 0.1) is 6.92 Å². The van der Waals surface area contributed by atoms with Gasteiger partial charge in [-0.05, 0) is 49.6 Å². The third-order valence-electron chi connectivity index (χ3n) is 3.89. The molecule has 0 spiro atoms. The number of hydrogen-bond donors (Lipinski definition) is 3. The van der Waals surface area contributed by atoms with Crippen molar-refractivity contribution in [3.05, 3.63) is 52.2 Å². The zero-order chi connectivity index (χ0) is 19.3. The van der Waals surface area contributed by atoms with Crippen LogP contribution in [0.25, 0.3) is 11.1 Å². The van der Waals surface area contributed by atoms with Crippen LogP contribution in [0.3, 0.4) is 0 Å². The van der Waals surface area contributed by atoms with E-state index in [4.69, 9.17) is 9.90 Å². The lowest BCUT2D eigenvalue weighted by Crippen LogP contribution is -2.21. The number of nitrogens with one attached hydrogen (secondary N) is 2. The van der Waals surface area contributed by atoms with E-state index in [1.165, 1.54) is 12.0 Å². The van der Waals surface area contributed by atoms with Crippen molar-refractivity contribution in [1.82, 2.24) is 15.3 Å². The van der Waals surface area contributed by atoms with Gasteiger partial charge in [-0.25, -0.2) is 4.79 Å². The van der Waals surface area contributed by atoms with Crippen molar-refractivity contribution < 1.29 is 23.1 Å². The minimum Gasteiger partial charge on any atom is -0.475 e. The van der Waals surface area contributed by atoms with Gasteiger partial charge in [-0.15, -0.1) is 0 Å². The molecule has 3 N–H and O–H groups in total. The normalized spacial score (nSPS) is 16.7. The molecule has 0 aromatic carbocycles. The summed E-state index contributed by atoms with van der Waals surface area (Å²) in [6.07, 6.45) is 2.80. The summed E-state index contributed by atoms with van der Waals surface area (Å²) in [5.41, 5.74) is 3.96. The van der Waals surface area contributed by atoms with Crippen LogP contribution in [-0.4, -0.2) is 33.8 Å². The largest absolute Gasteiger partial charge is 0.490 e. The van der Waals surface area contributed by atoms with Crippen molar-refractivity contribution in [3.8, 4) is 11.1 Å². The van der Waals surface area contributed by atoms with Crippen LogP contribution in [0.4, 0.5) is 13.2 Å². The monoisotopic (exact) mass is 369 g/mol. The van der Waals surface area contributed by atoms with Crippen molar-refractivity contribution >= 4 is 5.97 Å². The van der Waals surface area contributed by atoms with Crippen LogP contribution in [0.5, 0.6) is 0 Å². The summed E-state index contributed by atoms with van der Waals surface area (Å²) in [6.45, 7) is 2.89. The number of nitrogens with zero attached hydrogens (tertiary/aromatic N) is 1. The Kier molecular flexibility index (Phi) is 6.14. The molecule has 9 heteroatoms. The summed E-state index contributed by atoms with van der Waals surface area (Å²) in [7, 11) is 0. The zero-order valence-corrected chi connectivity index (χ0v) is 13.9. The summed E-state index contributed by atoms with van der Waals surface area (Å²) < 4.78 is 31.7. The van der Waals surface area contributed by atoms with Gasteiger partial charge in [-0.2, -0.15) is 13.2 Å². The summed E-state index contributed by atoms with van der Waals surface area (Å²) in [5, 5.41) is 10.6. The number of carboxylic acids is 1. The molecule has 0 bridgehead atoms. The maximum atomic E-state index is 11.4. The van der Waals surface area contributed by atoms with Crippen LogP contribution in [0.15, 0.2) is 35.5 Å². The van der Waals surface area contributed by atoms with Crippen LogP contribution < -0.4 is 10.9 Å². The van der Waals surface area contributed by atoms with E-state index in [1.807, 2.05) is 25.4 Å². The van der Waals surface area contributed by atoms with E-state index in [9.17, 15) is 18.0 Å². The first-order chi connectivity index (χ1) is 12.2. The number of alkyl halides is 3. The second kappa shape index (κ2) is 8.13. The van der Waals surface area contributed by atoms with Gasteiger partial charge in [0, 0.05) is 35.8 Å². The lowest BCUT2D eigenvalue weighted by molar-refractivity contribution is -0.192. The topological polar surface area (TPSA) is 95.1 Å². The lowest BCUT2D eigenvalue weighted by atomic mass is 10.0. The first-order valence-corrected chi connectivity index (χ1v) is 7.86. The van der Waals surface area contributed by atoms with Gasteiger partial charge >= 0.3 is 12.1 Å². The molecule has 140 valence electrons. The average molecular weight is 369 g/mol. The molecule has 0 amide bonds. The number of pyridine rings is 2. The molecule has 0 aliphatic carbocycles. The maximum absolute atomic E-state index is 11.4. The fourth-order valence-corrected chi connectivity index (χ4v) is 2.54. The SMILES string of the molecule is Cc1cc(-c2cncc(C3CCCN3)c2)c[nH]c1=O.O=C(O)C(F)(F)F. The summed E-state index contributed by atoms with van der Waals surface area (Å²) in [6, 6.07) is 4.47. The molecular formula is C17H18F3N3O3. The number of aromatic amines is 1. The van der Waals surface area contributed by atoms with Crippen LogP contribution in [-0.2, 0) is 4.79 Å². The van der Waals surface area contributed by atoms with E-state index in [0.29, 0.717) is 6.04 Å². The third-order valence-corrected chi connectivity index (χ3v) is 3.89.